The van der Waals surface area contributed by atoms with Crippen molar-refractivity contribution in [3.05, 3.63) is 70.3 Å². The van der Waals surface area contributed by atoms with Crippen LogP contribution in [0.2, 0.25) is 0 Å². The van der Waals surface area contributed by atoms with Gasteiger partial charge in [0.15, 0.2) is 0 Å². The Labute approximate surface area is 144 Å². The van der Waals surface area contributed by atoms with Gasteiger partial charge >= 0.3 is 0 Å². The minimum atomic E-state index is -0.520. The third-order valence-corrected chi connectivity index (χ3v) is 3.91. The second-order valence-electron chi connectivity index (χ2n) is 5.89. The number of hydrogen-bond donors (Lipinski definition) is 2. The van der Waals surface area contributed by atoms with E-state index in [9.17, 15) is 4.79 Å². The molecule has 0 aliphatic heterocycles. The van der Waals surface area contributed by atoms with Gasteiger partial charge < -0.3 is 11.1 Å². The minimum absolute atomic E-state index is 0. The third-order valence-electron chi connectivity index (χ3n) is 3.91. The fraction of sp³-hybridized carbons (Fsp3) is 0.316. The van der Waals surface area contributed by atoms with Crippen LogP contribution in [0.25, 0.3) is 0 Å². The number of rotatable bonds is 5. The normalized spacial score (nSPS) is 11.5. The van der Waals surface area contributed by atoms with Gasteiger partial charge in [-0.2, -0.15) is 0 Å². The molecule has 2 aromatic carbocycles. The molecule has 2 rings (SSSR count). The number of amides is 1. The van der Waals surface area contributed by atoms with Crippen molar-refractivity contribution in [1.29, 1.82) is 0 Å². The molecule has 0 aliphatic carbocycles. The van der Waals surface area contributed by atoms with Gasteiger partial charge in [0.25, 0.3) is 0 Å². The van der Waals surface area contributed by atoms with Gasteiger partial charge in [0.05, 0.1) is 6.04 Å². The Kier molecular flexibility index (Phi) is 7.27. The second kappa shape index (κ2) is 8.70. The van der Waals surface area contributed by atoms with Crippen LogP contribution < -0.4 is 11.1 Å². The maximum atomic E-state index is 12.2. The summed E-state index contributed by atoms with van der Waals surface area (Å²) < 4.78 is 0. The van der Waals surface area contributed by atoms with E-state index >= 15 is 0 Å². The lowest BCUT2D eigenvalue weighted by molar-refractivity contribution is -0.122. The number of benzene rings is 2. The lowest BCUT2D eigenvalue weighted by Gasteiger charge is -2.15. The molecule has 23 heavy (non-hydrogen) atoms. The summed E-state index contributed by atoms with van der Waals surface area (Å²) in [5, 5.41) is 2.96. The predicted octanol–water partition coefficient (Wildman–Crippen LogP) is 3.22. The number of carbonyl (C=O) groups is 1. The molecule has 1 atom stereocenters. The van der Waals surface area contributed by atoms with Gasteiger partial charge in [-0.05, 0) is 49.4 Å². The largest absolute Gasteiger partial charge is 0.351 e. The SMILES string of the molecule is Cc1cc(C)c(CNC(=O)[C@@H](N)Cc2ccccc2)c(C)c1.Cl. The Morgan fingerprint density at radius 2 is 1.65 bits per heavy atom. The van der Waals surface area contributed by atoms with E-state index in [1.54, 1.807) is 0 Å². The zero-order valence-corrected chi connectivity index (χ0v) is 14.7. The van der Waals surface area contributed by atoms with Crippen molar-refractivity contribution in [3.8, 4) is 0 Å². The highest BCUT2D eigenvalue weighted by Gasteiger charge is 2.14. The van der Waals surface area contributed by atoms with Crippen LogP contribution in [-0.2, 0) is 17.8 Å². The molecular formula is C19H25ClN2O. The standard InChI is InChI=1S/C19H24N2O.ClH/c1-13-9-14(2)17(15(3)10-13)12-21-19(22)18(20)11-16-7-5-4-6-8-16;/h4-10,18H,11-12,20H2,1-3H3,(H,21,22);1H/t18-;/m0./s1. The summed E-state index contributed by atoms with van der Waals surface area (Å²) in [6.07, 6.45) is 0.554. The highest BCUT2D eigenvalue weighted by atomic mass is 35.5. The molecule has 3 nitrogen and oxygen atoms in total. The number of hydrogen-bond acceptors (Lipinski definition) is 2. The molecule has 0 aromatic heterocycles. The van der Waals surface area contributed by atoms with Gasteiger partial charge in [-0.3, -0.25) is 4.79 Å². The van der Waals surface area contributed by atoms with Crippen LogP contribution in [0.4, 0.5) is 0 Å². The zero-order valence-electron chi connectivity index (χ0n) is 13.9. The van der Waals surface area contributed by atoms with E-state index in [1.807, 2.05) is 30.3 Å². The Balaban J connectivity index is 0.00000264. The fourth-order valence-corrected chi connectivity index (χ4v) is 2.76. The van der Waals surface area contributed by atoms with Crippen LogP contribution >= 0.6 is 12.4 Å². The van der Waals surface area contributed by atoms with Crippen molar-refractivity contribution < 1.29 is 4.79 Å². The van der Waals surface area contributed by atoms with Crippen molar-refractivity contribution >= 4 is 18.3 Å². The molecule has 124 valence electrons. The topological polar surface area (TPSA) is 55.1 Å². The number of carbonyl (C=O) groups excluding carboxylic acids is 1. The number of nitrogens with one attached hydrogen (secondary N) is 1. The maximum Gasteiger partial charge on any atom is 0.237 e. The molecule has 2 aromatic rings. The molecule has 4 heteroatoms. The van der Waals surface area contributed by atoms with Crippen LogP contribution in [-0.4, -0.2) is 11.9 Å². The first-order valence-corrected chi connectivity index (χ1v) is 7.61. The molecule has 0 saturated heterocycles. The molecule has 0 aliphatic rings. The lowest BCUT2D eigenvalue weighted by atomic mass is 9.99. The van der Waals surface area contributed by atoms with Crippen LogP contribution in [0.3, 0.4) is 0 Å². The van der Waals surface area contributed by atoms with Crippen molar-refractivity contribution in [2.75, 3.05) is 0 Å². The van der Waals surface area contributed by atoms with Gasteiger partial charge in [0, 0.05) is 6.54 Å². The van der Waals surface area contributed by atoms with Crippen molar-refractivity contribution in [1.82, 2.24) is 5.32 Å². The maximum absolute atomic E-state index is 12.2. The smallest absolute Gasteiger partial charge is 0.237 e. The van der Waals surface area contributed by atoms with Gasteiger partial charge in [-0.25, -0.2) is 0 Å². The van der Waals surface area contributed by atoms with Gasteiger partial charge in [-0.1, -0.05) is 48.0 Å². The Bertz CT molecular complexity index is 633. The zero-order chi connectivity index (χ0) is 16.1. The molecule has 0 radical (unpaired) electrons. The number of nitrogens with two attached hydrogens (primary N) is 1. The Morgan fingerprint density at radius 3 is 2.22 bits per heavy atom. The summed E-state index contributed by atoms with van der Waals surface area (Å²) in [6, 6.07) is 13.6. The first kappa shape index (κ1) is 19.2. The van der Waals surface area contributed by atoms with Gasteiger partial charge in [-0.15, -0.1) is 12.4 Å². The van der Waals surface area contributed by atoms with E-state index in [2.05, 4.69) is 38.2 Å². The minimum Gasteiger partial charge on any atom is -0.351 e. The van der Waals surface area contributed by atoms with Crippen LogP contribution in [0, 0.1) is 20.8 Å². The lowest BCUT2D eigenvalue weighted by Crippen LogP contribution is -2.41. The average molecular weight is 333 g/mol. The summed E-state index contributed by atoms with van der Waals surface area (Å²) >= 11 is 0. The third kappa shape index (κ3) is 5.38. The van der Waals surface area contributed by atoms with E-state index < -0.39 is 6.04 Å². The summed E-state index contributed by atoms with van der Waals surface area (Å²) in [7, 11) is 0. The second-order valence-corrected chi connectivity index (χ2v) is 5.89. The average Bonchev–Trinajstić information content (AvgIpc) is 2.46. The summed E-state index contributed by atoms with van der Waals surface area (Å²) in [5.74, 6) is -0.108. The van der Waals surface area contributed by atoms with Crippen molar-refractivity contribution in [3.63, 3.8) is 0 Å². The number of aryl methyl sites for hydroxylation is 3. The van der Waals surface area contributed by atoms with E-state index in [-0.39, 0.29) is 18.3 Å². The molecule has 0 bridgehead atoms. The first-order chi connectivity index (χ1) is 10.5. The van der Waals surface area contributed by atoms with E-state index in [1.165, 1.54) is 22.3 Å². The fourth-order valence-electron chi connectivity index (χ4n) is 2.76. The highest BCUT2D eigenvalue weighted by molar-refractivity contribution is 5.85. The Morgan fingerprint density at radius 1 is 1.09 bits per heavy atom. The van der Waals surface area contributed by atoms with E-state index in [4.69, 9.17) is 5.73 Å². The number of halogens is 1. The molecule has 0 heterocycles. The first-order valence-electron chi connectivity index (χ1n) is 7.61. The molecule has 3 N–H and O–H groups in total. The van der Waals surface area contributed by atoms with Crippen molar-refractivity contribution in [2.24, 2.45) is 5.73 Å². The van der Waals surface area contributed by atoms with Crippen molar-refractivity contribution in [2.45, 2.75) is 39.8 Å². The van der Waals surface area contributed by atoms with E-state index in [0.717, 1.165) is 5.56 Å². The molecular weight excluding hydrogens is 308 g/mol. The van der Waals surface area contributed by atoms with E-state index in [0.29, 0.717) is 13.0 Å². The molecule has 0 fully saturated rings. The van der Waals surface area contributed by atoms with Crippen LogP contribution in [0.1, 0.15) is 27.8 Å². The highest BCUT2D eigenvalue weighted by Crippen LogP contribution is 2.16. The van der Waals surface area contributed by atoms with Crippen LogP contribution in [0.15, 0.2) is 42.5 Å². The molecule has 0 unspecified atom stereocenters. The van der Waals surface area contributed by atoms with Gasteiger partial charge in [0.2, 0.25) is 5.91 Å². The van der Waals surface area contributed by atoms with Crippen LogP contribution in [0.5, 0.6) is 0 Å². The van der Waals surface area contributed by atoms with Gasteiger partial charge in [0.1, 0.15) is 0 Å². The quantitative estimate of drug-likeness (QED) is 0.883. The molecule has 0 saturated carbocycles. The predicted molar refractivity (Wildman–Crippen MR) is 97.9 cm³/mol. The summed E-state index contributed by atoms with van der Waals surface area (Å²) in [6.45, 7) is 6.76. The summed E-state index contributed by atoms with van der Waals surface area (Å²) in [5.41, 5.74) is 11.9. The monoisotopic (exact) mass is 332 g/mol. The summed E-state index contributed by atoms with van der Waals surface area (Å²) in [4.78, 5) is 12.2. The molecule has 0 spiro atoms. The molecule has 1 amide bonds. The Hall–Kier alpha value is -1.84.